The highest BCUT2D eigenvalue weighted by atomic mass is 16.5. The molecule has 3 aromatic carbocycles. The van der Waals surface area contributed by atoms with E-state index in [2.05, 4.69) is 48.2 Å². The van der Waals surface area contributed by atoms with E-state index >= 15 is 0 Å². The molecule has 6 rings (SSSR count). The number of amides is 2. The number of H-pyrrole nitrogens is 1. The number of benzene rings is 3. The summed E-state index contributed by atoms with van der Waals surface area (Å²) in [5.74, 6) is 0.908. The number of carboxylic acid groups (broad SMARTS) is 1. The second-order valence-electron chi connectivity index (χ2n) is 12.7. The Kier molecular flexibility index (Phi) is 9.01. The van der Waals surface area contributed by atoms with Crippen molar-refractivity contribution in [2.24, 2.45) is 5.41 Å². The van der Waals surface area contributed by atoms with E-state index in [9.17, 15) is 14.7 Å². The topological polar surface area (TPSA) is 126 Å². The van der Waals surface area contributed by atoms with Gasteiger partial charge in [0.1, 0.15) is 23.9 Å². The summed E-state index contributed by atoms with van der Waals surface area (Å²) in [6.45, 7) is 7.98. The summed E-state index contributed by atoms with van der Waals surface area (Å²) in [6, 6.07) is 26.1. The minimum absolute atomic E-state index is 0.175. The van der Waals surface area contributed by atoms with E-state index in [1.807, 2.05) is 42.5 Å². The number of aromatic carboxylic acids is 1. The fraction of sp³-hybridized carbons (Fsp3) is 0.270. The van der Waals surface area contributed by atoms with Crippen molar-refractivity contribution in [2.45, 2.75) is 33.6 Å². The Labute approximate surface area is 273 Å². The highest BCUT2D eigenvalue weighted by Crippen LogP contribution is 2.36. The van der Waals surface area contributed by atoms with Crippen LogP contribution in [0.2, 0.25) is 0 Å². The van der Waals surface area contributed by atoms with Gasteiger partial charge >= 0.3 is 12.0 Å². The maximum atomic E-state index is 13.4. The first-order valence-corrected chi connectivity index (χ1v) is 15.7. The number of fused-ring (bicyclic) bond motifs is 2. The van der Waals surface area contributed by atoms with Crippen molar-refractivity contribution in [2.75, 3.05) is 36.6 Å². The van der Waals surface area contributed by atoms with Crippen LogP contribution in [-0.2, 0) is 6.42 Å². The number of hydrogen-bond donors (Lipinski definition) is 3. The second kappa shape index (κ2) is 13.5. The van der Waals surface area contributed by atoms with Gasteiger partial charge in [0.25, 0.3) is 0 Å². The molecule has 2 aromatic heterocycles. The van der Waals surface area contributed by atoms with E-state index in [0.717, 1.165) is 23.1 Å². The molecule has 0 radical (unpaired) electrons. The van der Waals surface area contributed by atoms with Gasteiger partial charge in [-0.15, -0.1) is 0 Å². The fourth-order valence-electron chi connectivity index (χ4n) is 5.58. The summed E-state index contributed by atoms with van der Waals surface area (Å²) in [7, 11) is 0. The van der Waals surface area contributed by atoms with Gasteiger partial charge in [0.15, 0.2) is 11.4 Å². The van der Waals surface area contributed by atoms with E-state index in [1.54, 1.807) is 35.2 Å². The van der Waals surface area contributed by atoms with Crippen LogP contribution in [0.5, 0.6) is 17.2 Å². The van der Waals surface area contributed by atoms with Crippen LogP contribution in [0, 0.1) is 5.41 Å². The van der Waals surface area contributed by atoms with E-state index < -0.39 is 5.97 Å². The Morgan fingerprint density at radius 1 is 0.979 bits per heavy atom. The van der Waals surface area contributed by atoms with Crippen molar-refractivity contribution in [1.82, 2.24) is 9.97 Å². The standard InChI is InChI=1S/C37H38N4O6/c1-37(2,3)23-24-8-6-10-27(20-24)45-17-7-18-46-32-15-13-29(39-34(32)35(42)43)26-12-14-31-30(21-26)41(16-19-47-31)36(44)40-33-22-25-9-4-5-11-28(25)38-33/h4-6,8-15,20-22,38H,7,16-19,23H2,1-3H3,(H,40,44)(H,42,43). The largest absolute Gasteiger partial charge is 0.493 e. The van der Waals surface area contributed by atoms with Crippen molar-refractivity contribution in [3.63, 3.8) is 0 Å². The Bertz CT molecular complexity index is 1880. The molecular weight excluding hydrogens is 596 g/mol. The molecule has 0 fully saturated rings. The van der Waals surface area contributed by atoms with Gasteiger partial charge in [-0.3, -0.25) is 10.2 Å². The molecule has 0 saturated heterocycles. The van der Waals surface area contributed by atoms with Crippen molar-refractivity contribution in [3.05, 3.63) is 96.2 Å². The number of carbonyl (C=O) groups excluding carboxylic acids is 1. The number of rotatable bonds is 10. The fourth-order valence-corrected chi connectivity index (χ4v) is 5.58. The number of ether oxygens (including phenoxy) is 3. The van der Waals surface area contributed by atoms with E-state index in [1.165, 1.54) is 5.56 Å². The van der Waals surface area contributed by atoms with Gasteiger partial charge in [0.2, 0.25) is 0 Å². The van der Waals surface area contributed by atoms with Crippen molar-refractivity contribution in [3.8, 4) is 28.5 Å². The maximum Gasteiger partial charge on any atom is 0.358 e. The summed E-state index contributed by atoms with van der Waals surface area (Å²) < 4.78 is 17.6. The Morgan fingerprint density at radius 2 is 1.81 bits per heavy atom. The molecule has 5 aromatic rings. The minimum atomic E-state index is -1.20. The van der Waals surface area contributed by atoms with Gasteiger partial charge in [0, 0.05) is 22.9 Å². The molecule has 47 heavy (non-hydrogen) atoms. The number of aromatic amines is 1. The molecule has 10 heteroatoms. The lowest BCUT2D eigenvalue weighted by atomic mass is 9.88. The summed E-state index contributed by atoms with van der Waals surface area (Å²) in [6.07, 6.45) is 1.51. The van der Waals surface area contributed by atoms with Crippen LogP contribution in [0.3, 0.4) is 0 Å². The highest BCUT2D eigenvalue weighted by Gasteiger charge is 2.25. The monoisotopic (exact) mass is 634 g/mol. The molecule has 3 N–H and O–H groups in total. The number of para-hydroxylation sites is 1. The Balaban J connectivity index is 1.11. The van der Waals surface area contributed by atoms with Crippen LogP contribution in [0.25, 0.3) is 22.2 Å². The second-order valence-corrected chi connectivity index (χ2v) is 12.7. The van der Waals surface area contributed by atoms with Crippen molar-refractivity contribution >= 4 is 34.4 Å². The quantitative estimate of drug-likeness (QED) is 0.134. The third-order valence-electron chi connectivity index (χ3n) is 7.64. The third-order valence-corrected chi connectivity index (χ3v) is 7.64. The van der Waals surface area contributed by atoms with E-state index in [0.29, 0.717) is 54.7 Å². The molecule has 242 valence electrons. The number of anilines is 2. The van der Waals surface area contributed by atoms with Crippen LogP contribution < -0.4 is 24.4 Å². The molecule has 10 nitrogen and oxygen atoms in total. The first-order chi connectivity index (χ1) is 22.6. The smallest absolute Gasteiger partial charge is 0.358 e. The number of nitrogens with one attached hydrogen (secondary N) is 2. The van der Waals surface area contributed by atoms with Crippen LogP contribution in [0.1, 0.15) is 43.2 Å². The van der Waals surface area contributed by atoms with Gasteiger partial charge < -0.3 is 24.3 Å². The van der Waals surface area contributed by atoms with Gasteiger partial charge in [-0.25, -0.2) is 14.6 Å². The maximum absolute atomic E-state index is 13.4. The average molecular weight is 635 g/mol. The summed E-state index contributed by atoms with van der Waals surface area (Å²) in [5, 5.41) is 13.9. The zero-order valence-electron chi connectivity index (χ0n) is 26.7. The molecule has 0 unspecified atom stereocenters. The lowest BCUT2D eigenvalue weighted by Gasteiger charge is -2.29. The predicted octanol–water partition coefficient (Wildman–Crippen LogP) is 7.80. The number of aromatic nitrogens is 2. The number of hydrogen-bond acceptors (Lipinski definition) is 6. The van der Waals surface area contributed by atoms with Crippen LogP contribution in [0.15, 0.2) is 84.9 Å². The molecule has 0 saturated carbocycles. The number of carboxylic acids is 1. The number of urea groups is 1. The molecule has 2 amide bonds. The zero-order chi connectivity index (χ0) is 33.0. The Hall–Kier alpha value is -5.51. The first kappa shape index (κ1) is 31.5. The average Bonchev–Trinajstić information content (AvgIpc) is 3.45. The summed E-state index contributed by atoms with van der Waals surface area (Å²) in [5.41, 5.74) is 3.75. The number of carbonyl (C=O) groups is 2. The molecule has 0 bridgehead atoms. The van der Waals surface area contributed by atoms with Gasteiger partial charge in [-0.2, -0.15) is 0 Å². The van der Waals surface area contributed by atoms with Gasteiger partial charge in [0.05, 0.1) is 31.1 Å². The van der Waals surface area contributed by atoms with Gasteiger partial charge in [-0.1, -0.05) is 51.1 Å². The first-order valence-electron chi connectivity index (χ1n) is 15.7. The number of nitrogens with zero attached hydrogens (tertiary/aromatic N) is 2. The molecule has 0 atom stereocenters. The van der Waals surface area contributed by atoms with Crippen LogP contribution in [0.4, 0.5) is 16.3 Å². The third kappa shape index (κ3) is 7.66. The molecule has 0 spiro atoms. The zero-order valence-corrected chi connectivity index (χ0v) is 26.7. The molecule has 0 aliphatic carbocycles. The lowest BCUT2D eigenvalue weighted by Crippen LogP contribution is -2.40. The Morgan fingerprint density at radius 3 is 2.62 bits per heavy atom. The van der Waals surface area contributed by atoms with Crippen LogP contribution in [-0.4, -0.2) is 53.4 Å². The molecular formula is C37H38N4O6. The van der Waals surface area contributed by atoms with Crippen molar-refractivity contribution in [1.29, 1.82) is 0 Å². The van der Waals surface area contributed by atoms with E-state index in [4.69, 9.17) is 14.2 Å². The summed E-state index contributed by atoms with van der Waals surface area (Å²) >= 11 is 0. The molecule has 1 aliphatic rings. The SMILES string of the molecule is CC(C)(C)Cc1cccc(OCCCOc2ccc(-c3ccc4c(c3)N(C(=O)Nc3cc5ccccc5[nH]3)CCO4)nc2C(=O)O)c1. The number of pyridine rings is 1. The predicted molar refractivity (Wildman–Crippen MR) is 182 cm³/mol. The highest BCUT2D eigenvalue weighted by molar-refractivity contribution is 6.04. The van der Waals surface area contributed by atoms with E-state index in [-0.39, 0.29) is 29.5 Å². The van der Waals surface area contributed by atoms with Crippen molar-refractivity contribution < 1.29 is 28.9 Å². The summed E-state index contributed by atoms with van der Waals surface area (Å²) in [4.78, 5) is 34.8. The minimum Gasteiger partial charge on any atom is -0.493 e. The lowest BCUT2D eigenvalue weighted by molar-refractivity contribution is 0.0685. The van der Waals surface area contributed by atoms with Gasteiger partial charge in [-0.05, 0) is 72.0 Å². The molecule has 3 heterocycles. The van der Waals surface area contributed by atoms with Crippen LogP contribution >= 0.6 is 0 Å². The normalized spacial score (nSPS) is 12.7. The molecule has 1 aliphatic heterocycles.